The van der Waals surface area contributed by atoms with Crippen LogP contribution in [0.5, 0.6) is 5.75 Å². The molecule has 1 saturated heterocycles. The van der Waals surface area contributed by atoms with Gasteiger partial charge in [-0.25, -0.2) is 4.39 Å². The fourth-order valence-electron chi connectivity index (χ4n) is 4.86. The zero-order chi connectivity index (χ0) is 24.5. The minimum atomic E-state index is -0.386. The first-order chi connectivity index (χ1) is 16.2. The van der Waals surface area contributed by atoms with Crippen LogP contribution < -0.4 is 10.2 Å². The third-order valence-corrected chi connectivity index (χ3v) is 6.90. The molecule has 2 aromatic rings. The highest BCUT2D eigenvalue weighted by atomic mass is 35.5. The second-order valence-corrected chi connectivity index (χ2v) is 9.85. The summed E-state index contributed by atoms with van der Waals surface area (Å²) in [5, 5.41) is 15.5. The van der Waals surface area contributed by atoms with Crippen LogP contribution in [0.1, 0.15) is 34.3 Å². The summed E-state index contributed by atoms with van der Waals surface area (Å²) >= 11 is 6.22. The largest absolute Gasteiger partial charge is 0.490 e. The number of hydrogen-bond acceptors (Lipinski definition) is 6. The number of hydrogen-bond donors (Lipinski definition) is 2. The quantitative estimate of drug-likeness (QED) is 0.322. The van der Waals surface area contributed by atoms with Crippen LogP contribution in [0, 0.1) is 22.1 Å². The van der Waals surface area contributed by atoms with E-state index < -0.39 is 0 Å². The fourth-order valence-corrected chi connectivity index (χ4v) is 5.06. The topological polar surface area (TPSA) is 85.4 Å². The molecule has 0 unspecified atom stereocenters. The number of carbonyl (C=O) groups excluding carboxylic acids is 1. The summed E-state index contributed by atoms with van der Waals surface area (Å²) in [6, 6.07) is 5.01. The highest BCUT2D eigenvalue weighted by Crippen LogP contribution is 2.50. The molecule has 1 saturated carbocycles. The van der Waals surface area contributed by atoms with Crippen LogP contribution in [0.3, 0.4) is 0 Å². The van der Waals surface area contributed by atoms with E-state index >= 15 is 0 Å². The van der Waals surface area contributed by atoms with Gasteiger partial charge in [0.15, 0.2) is 6.29 Å². The minimum absolute atomic E-state index is 0.0864. The average molecular weight is 486 g/mol. The Morgan fingerprint density at radius 1 is 1.29 bits per heavy atom. The first kappa shape index (κ1) is 24.2. The van der Waals surface area contributed by atoms with Crippen molar-refractivity contribution in [3.8, 4) is 5.75 Å². The third kappa shape index (κ3) is 4.93. The van der Waals surface area contributed by atoms with Crippen molar-refractivity contribution < 1.29 is 13.9 Å². The van der Waals surface area contributed by atoms with E-state index in [9.17, 15) is 9.18 Å². The normalized spacial score (nSPS) is 17.4. The first-order valence-electron chi connectivity index (χ1n) is 11.2. The molecule has 7 nitrogen and oxygen atoms in total. The van der Waals surface area contributed by atoms with Crippen LogP contribution >= 0.6 is 11.6 Å². The second kappa shape index (κ2) is 9.72. The lowest BCUT2D eigenvalue weighted by Crippen LogP contribution is -2.64. The van der Waals surface area contributed by atoms with Gasteiger partial charge < -0.3 is 14.5 Å². The summed E-state index contributed by atoms with van der Waals surface area (Å²) in [4.78, 5) is 15.8. The van der Waals surface area contributed by atoms with E-state index in [-0.39, 0.29) is 22.8 Å². The van der Waals surface area contributed by atoms with E-state index in [2.05, 4.69) is 4.90 Å². The third-order valence-electron chi connectivity index (χ3n) is 6.57. The van der Waals surface area contributed by atoms with E-state index in [0.29, 0.717) is 33.9 Å². The van der Waals surface area contributed by atoms with Crippen molar-refractivity contribution in [1.82, 2.24) is 14.4 Å². The maximum absolute atomic E-state index is 14.2. The second-order valence-electron chi connectivity index (χ2n) is 9.45. The summed E-state index contributed by atoms with van der Waals surface area (Å²) in [5.74, 6) is 0.275. The van der Waals surface area contributed by atoms with Crippen LogP contribution in [-0.2, 0) is 6.42 Å². The van der Waals surface area contributed by atoms with Gasteiger partial charge in [0.1, 0.15) is 17.1 Å². The lowest BCUT2D eigenvalue weighted by atomic mass is 9.61. The van der Waals surface area contributed by atoms with Gasteiger partial charge in [-0.1, -0.05) is 11.6 Å². The number of rotatable bonds is 9. The molecule has 9 heteroatoms. The zero-order valence-electron chi connectivity index (χ0n) is 19.4. The highest BCUT2D eigenvalue weighted by molar-refractivity contribution is 6.33. The van der Waals surface area contributed by atoms with Crippen molar-refractivity contribution in [2.75, 3.05) is 33.7 Å². The van der Waals surface area contributed by atoms with Gasteiger partial charge in [-0.15, -0.1) is 0 Å². The van der Waals surface area contributed by atoms with E-state index in [1.54, 1.807) is 6.07 Å². The maximum atomic E-state index is 14.2. The number of halogens is 2. The zero-order valence-corrected chi connectivity index (χ0v) is 20.1. The van der Waals surface area contributed by atoms with Gasteiger partial charge in [-0.3, -0.25) is 20.2 Å². The molecule has 0 bridgehead atoms. The van der Waals surface area contributed by atoms with Crippen molar-refractivity contribution in [2.24, 2.45) is 5.41 Å². The predicted octanol–water partition coefficient (Wildman–Crippen LogP) is 3.65. The number of benzene rings is 1. The molecule has 0 atom stereocenters. The molecule has 1 aliphatic heterocycles. The minimum Gasteiger partial charge on any atom is -0.490 e. The first-order valence-corrected chi connectivity index (χ1v) is 11.6. The van der Waals surface area contributed by atoms with Gasteiger partial charge in [0, 0.05) is 56.5 Å². The lowest BCUT2D eigenvalue weighted by Gasteiger charge is -2.58. The molecule has 1 aliphatic carbocycles. The van der Waals surface area contributed by atoms with Crippen LogP contribution in [0.15, 0.2) is 30.6 Å². The summed E-state index contributed by atoms with van der Waals surface area (Å²) in [7, 11) is 3.81. The molecule has 2 heterocycles. The van der Waals surface area contributed by atoms with Gasteiger partial charge in [0.05, 0.1) is 17.5 Å². The van der Waals surface area contributed by atoms with E-state index in [1.165, 1.54) is 12.3 Å². The molecule has 0 radical (unpaired) electrons. The summed E-state index contributed by atoms with van der Waals surface area (Å²) in [6.45, 7) is 2.63. The fraction of sp³-hybridized carbons (Fsp3) is 0.400. The van der Waals surface area contributed by atoms with E-state index in [4.69, 9.17) is 27.2 Å². The Balaban J connectivity index is 1.31. The summed E-state index contributed by atoms with van der Waals surface area (Å²) in [5.41, 5.74) is 1.96. The molecular weight excluding hydrogens is 457 g/mol. The van der Waals surface area contributed by atoms with Crippen LogP contribution in [0.2, 0.25) is 5.02 Å². The van der Waals surface area contributed by atoms with Crippen LogP contribution in [-0.4, -0.2) is 66.8 Å². The van der Waals surface area contributed by atoms with E-state index in [0.717, 1.165) is 49.7 Å². The Hall–Kier alpha value is -2.97. The summed E-state index contributed by atoms with van der Waals surface area (Å²) < 4.78 is 21.6. The van der Waals surface area contributed by atoms with Gasteiger partial charge >= 0.3 is 0 Å². The average Bonchev–Trinajstić information content (AvgIpc) is 2.74. The maximum Gasteiger partial charge on any atom is 0.152 e. The number of pyridine rings is 1. The summed E-state index contributed by atoms with van der Waals surface area (Å²) in [6.07, 6.45) is 9.09. The number of nitrogens with zero attached hydrogens (tertiary/aromatic N) is 3. The number of ether oxygens (including phenoxy) is 1. The number of aromatic nitrogens is 1. The molecule has 2 aliphatic rings. The highest BCUT2D eigenvalue weighted by Gasteiger charge is 2.53. The SMILES string of the molecule is CN(C)/C=C\c1c(OC2CC3(C2)CN(CCc2cc(=N)n(C=N)cc2F)C3)ccc(Cl)c1C=O. The van der Waals surface area contributed by atoms with Crippen molar-refractivity contribution >= 4 is 30.3 Å². The molecule has 0 amide bonds. The molecule has 180 valence electrons. The molecular formula is C25H29ClFN5O2. The van der Waals surface area contributed by atoms with Crippen molar-refractivity contribution in [3.05, 3.63) is 63.6 Å². The molecule has 1 aromatic carbocycles. The van der Waals surface area contributed by atoms with Crippen molar-refractivity contribution in [2.45, 2.75) is 25.4 Å². The molecule has 2 N–H and O–H groups in total. The molecule has 2 fully saturated rings. The van der Waals surface area contributed by atoms with Gasteiger partial charge in [0.25, 0.3) is 0 Å². The van der Waals surface area contributed by atoms with Crippen LogP contribution in [0.4, 0.5) is 4.39 Å². The van der Waals surface area contributed by atoms with Crippen molar-refractivity contribution in [1.29, 1.82) is 10.8 Å². The Bertz CT molecular complexity index is 1180. The molecule has 34 heavy (non-hydrogen) atoms. The predicted molar refractivity (Wildman–Crippen MR) is 130 cm³/mol. The Morgan fingerprint density at radius 2 is 2.03 bits per heavy atom. The monoisotopic (exact) mass is 485 g/mol. The van der Waals surface area contributed by atoms with Gasteiger partial charge in [-0.05, 0) is 55.3 Å². The molecule has 1 spiro atoms. The molecule has 1 aromatic heterocycles. The van der Waals surface area contributed by atoms with Gasteiger partial charge in [-0.2, -0.15) is 0 Å². The van der Waals surface area contributed by atoms with E-state index in [1.807, 2.05) is 37.3 Å². The van der Waals surface area contributed by atoms with Crippen LogP contribution in [0.25, 0.3) is 6.08 Å². The van der Waals surface area contributed by atoms with Gasteiger partial charge in [0.2, 0.25) is 0 Å². The Labute approximate surface area is 203 Å². The lowest BCUT2D eigenvalue weighted by molar-refractivity contribution is -0.118. The number of nitrogens with one attached hydrogen (secondary N) is 2. The van der Waals surface area contributed by atoms with Crippen molar-refractivity contribution in [3.63, 3.8) is 0 Å². The Kier molecular flexibility index (Phi) is 6.91. The standard InChI is InChI=1S/C25H29ClFN5O2/c1-30(2)7-6-19-20(13-33)21(26)3-4-23(19)34-18-10-25(11-18)14-31(15-25)8-5-17-9-24(29)32(16-28)12-22(17)27/h3-4,6-7,9,12-13,16,18,28-29H,5,8,10-11,14-15H2,1-2H3/b7-6-,28-16?,29-24?. The number of carbonyl (C=O) groups is 1. The number of likely N-dealkylation sites (tertiary alicyclic amines) is 1. The smallest absolute Gasteiger partial charge is 0.152 e. The molecule has 4 rings (SSSR count). The number of aldehydes is 1. The Morgan fingerprint density at radius 3 is 2.68 bits per heavy atom.